The Hall–Kier alpha value is -1.84. The molecular weight excluding hydrogens is 202 g/mol. The lowest BCUT2D eigenvalue weighted by molar-refractivity contribution is 0.245. The van der Waals surface area contributed by atoms with Crippen molar-refractivity contribution >= 4 is 11.9 Å². The van der Waals surface area contributed by atoms with E-state index in [0.717, 1.165) is 12.8 Å². The summed E-state index contributed by atoms with van der Waals surface area (Å²) in [7, 11) is 0. The Morgan fingerprint density at radius 3 is 2.62 bits per heavy atom. The number of unbranched alkanes of at least 4 members (excludes halogenated alkanes) is 1. The van der Waals surface area contributed by atoms with Gasteiger partial charge >= 0.3 is 6.03 Å². The van der Waals surface area contributed by atoms with Gasteiger partial charge < -0.3 is 5.32 Å². The van der Waals surface area contributed by atoms with Gasteiger partial charge in [-0.25, -0.2) is 4.79 Å². The molecule has 1 rings (SSSR count). The summed E-state index contributed by atoms with van der Waals surface area (Å²) < 4.78 is 0. The zero-order chi connectivity index (χ0) is 11.8. The molecule has 16 heavy (non-hydrogen) atoms. The van der Waals surface area contributed by atoms with Gasteiger partial charge in [0.1, 0.15) is 5.84 Å². The standard InChI is InChI=1S/C12H17N3O/c1-2-3-9-14-12(16)15-11(13)10-7-5-4-6-8-10/h4-8H,2-3,9H2,1H3,(H3,13,14,15,16). The predicted molar refractivity (Wildman–Crippen MR) is 64.7 cm³/mol. The van der Waals surface area contributed by atoms with Crippen molar-refractivity contribution < 1.29 is 4.79 Å². The average molecular weight is 219 g/mol. The van der Waals surface area contributed by atoms with E-state index in [1.165, 1.54) is 0 Å². The van der Waals surface area contributed by atoms with Crippen LogP contribution < -0.4 is 10.6 Å². The molecule has 1 aromatic rings. The lowest BCUT2D eigenvalue weighted by atomic mass is 10.2. The molecule has 0 aliphatic rings. The smallest absolute Gasteiger partial charge is 0.320 e. The first-order valence-corrected chi connectivity index (χ1v) is 5.43. The highest BCUT2D eigenvalue weighted by Gasteiger charge is 2.04. The number of nitrogens with one attached hydrogen (secondary N) is 3. The van der Waals surface area contributed by atoms with Crippen LogP contribution in [-0.4, -0.2) is 18.4 Å². The third-order valence-corrected chi connectivity index (χ3v) is 2.12. The highest BCUT2D eigenvalue weighted by atomic mass is 16.2. The van der Waals surface area contributed by atoms with Crippen LogP contribution in [0.1, 0.15) is 25.3 Å². The molecule has 4 nitrogen and oxygen atoms in total. The number of hydrogen-bond acceptors (Lipinski definition) is 2. The van der Waals surface area contributed by atoms with Crippen molar-refractivity contribution in [1.82, 2.24) is 10.6 Å². The van der Waals surface area contributed by atoms with Gasteiger partial charge in [0.05, 0.1) is 0 Å². The van der Waals surface area contributed by atoms with Gasteiger partial charge in [-0.15, -0.1) is 0 Å². The Bertz CT molecular complexity index is 349. The zero-order valence-corrected chi connectivity index (χ0v) is 9.42. The minimum absolute atomic E-state index is 0.120. The molecule has 0 radical (unpaired) electrons. The second-order valence-corrected chi connectivity index (χ2v) is 3.48. The fourth-order valence-electron chi connectivity index (χ4n) is 1.21. The molecule has 0 aliphatic carbocycles. The summed E-state index contributed by atoms with van der Waals surface area (Å²) >= 11 is 0. The SMILES string of the molecule is CCCCNC(=O)NC(=N)c1ccccc1. The molecule has 0 saturated heterocycles. The van der Waals surface area contributed by atoms with Crippen LogP contribution in [0, 0.1) is 5.41 Å². The van der Waals surface area contributed by atoms with Crippen LogP contribution in [0.15, 0.2) is 30.3 Å². The van der Waals surface area contributed by atoms with E-state index >= 15 is 0 Å². The van der Waals surface area contributed by atoms with E-state index in [2.05, 4.69) is 17.6 Å². The maximum Gasteiger partial charge on any atom is 0.320 e. The van der Waals surface area contributed by atoms with Crippen LogP contribution in [0.4, 0.5) is 4.79 Å². The molecule has 3 N–H and O–H groups in total. The monoisotopic (exact) mass is 219 g/mol. The van der Waals surface area contributed by atoms with Gasteiger partial charge in [-0.2, -0.15) is 0 Å². The Kier molecular flexibility index (Phi) is 5.05. The number of rotatable bonds is 4. The van der Waals surface area contributed by atoms with Gasteiger partial charge in [-0.05, 0) is 6.42 Å². The summed E-state index contributed by atoms with van der Waals surface area (Å²) in [4.78, 5) is 11.3. The molecule has 0 fully saturated rings. The first-order valence-electron chi connectivity index (χ1n) is 5.43. The van der Waals surface area contributed by atoms with E-state index in [-0.39, 0.29) is 11.9 Å². The quantitative estimate of drug-likeness (QED) is 0.405. The van der Waals surface area contributed by atoms with E-state index in [1.54, 1.807) is 12.1 Å². The predicted octanol–water partition coefficient (Wildman–Crippen LogP) is 2.11. The van der Waals surface area contributed by atoms with Crippen molar-refractivity contribution in [3.63, 3.8) is 0 Å². The van der Waals surface area contributed by atoms with Crippen molar-refractivity contribution in [3.05, 3.63) is 35.9 Å². The molecule has 0 atom stereocenters. The van der Waals surface area contributed by atoms with Crippen LogP contribution in [-0.2, 0) is 0 Å². The van der Waals surface area contributed by atoms with Crippen molar-refractivity contribution in [1.29, 1.82) is 5.41 Å². The Morgan fingerprint density at radius 2 is 2.00 bits per heavy atom. The first kappa shape index (κ1) is 12.2. The Labute approximate surface area is 95.6 Å². The molecule has 2 amide bonds. The summed E-state index contributed by atoms with van der Waals surface area (Å²) in [6.07, 6.45) is 1.99. The minimum Gasteiger partial charge on any atom is -0.338 e. The second kappa shape index (κ2) is 6.61. The fourth-order valence-corrected chi connectivity index (χ4v) is 1.21. The van der Waals surface area contributed by atoms with E-state index in [4.69, 9.17) is 5.41 Å². The van der Waals surface area contributed by atoms with Gasteiger partial charge in [0.2, 0.25) is 0 Å². The molecule has 4 heteroatoms. The van der Waals surface area contributed by atoms with E-state index in [0.29, 0.717) is 12.1 Å². The zero-order valence-electron chi connectivity index (χ0n) is 9.42. The largest absolute Gasteiger partial charge is 0.338 e. The Balaban J connectivity index is 2.37. The van der Waals surface area contributed by atoms with Crippen LogP contribution in [0.3, 0.4) is 0 Å². The van der Waals surface area contributed by atoms with Crippen molar-refractivity contribution in [3.8, 4) is 0 Å². The summed E-state index contributed by atoms with van der Waals surface area (Å²) in [6.45, 7) is 2.70. The van der Waals surface area contributed by atoms with E-state index < -0.39 is 0 Å². The minimum atomic E-state index is -0.317. The van der Waals surface area contributed by atoms with Gasteiger partial charge in [0, 0.05) is 12.1 Å². The highest BCUT2D eigenvalue weighted by molar-refractivity contribution is 6.05. The number of benzene rings is 1. The number of amidine groups is 1. The van der Waals surface area contributed by atoms with E-state index in [1.807, 2.05) is 18.2 Å². The lowest BCUT2D eigenvalue weighted by Gasteiger charge is -2.07. The molecular formula is C12H17N3O. The maximum absolute atomic E-state index is 11.3. The average Bonchev–Trinajstić information content (AvgIpc) is 2.30. The first-order chi connectivity index (χ1) is 7.74. The number of hydrogen-bond donors (Lipinski definition) is 3. The van der Waals surface area contributed by atoms with Gasteiger partial charge in [-0.1, -0.05) is 43.7 Å². The lowest BCUT2D eigenvalue weighted by Crippen LogP contribution is -2.39. The van der Waals surface area contributed by atoms with Crippen molar-refractivity contribution in [2.24, 2.45) is 0 Å². The molecule has 0 heterocycles. The summed E-state index contributed by atoms with van der Waals surface area (Å²) in [5.41, 5.74) is 0.702. The highest BCUT2D eigenvalue weighted by Crippen LogP contribution is 1.97. The Morgan fingerprint density at radius 1 is 1.31 bits per heavy atom. The van der Waals surface area contributed by atoms with Gasteiger partial charge in [-0.3, -0.25) is 10.7 Å². The molecule has 0 bridgehead atoms. The van der Waals surface area contributed by atoms with Crippen molar-refractivity contribution in [2.45, 2.75) is 19.8 Å². The maximum atomic E-state index is 11.3. The van der Waals surface area contributed by atoms with Crippen LogP contribution in [0.2, 0.25) is 0 Å². The molecule has 0 aliphatic heterocycles. The summed E-state index contributed by atoms with van der Waals surface area (Å²) in [5.74, 6) is 0.120. The van der Waals surface area contributed by atoms with Crippen LogP contribution >= 0.6 is 0 Å². The molecule has 0 aromatic heterocycles. The number of amides is 2. The third-order valence-electron chi connectivity index (χ3n) is 2.12. The normalized spacial score (nSPS) is 9.56. The molecule has 0 saturated carbocycles. The van der Waals surface area contributed by atoms with Gasteiger partial charge in [0.25, 0.3) is 0 Å². The second-order valence-electron chi connectivity index (χ2n) is 3.48. The topological polar surface area (TPSA) is 65.0 Å². The van der Waals surface area contributed by atoms with E-state index in [9.17, 15) is 4.79 Å². The molecule has 1 aromatic carbocycles. The van der Waals surface area contributed by atoms with Crippen LogP contribution in [0.5, 0.6) is 0 Å². The van der Waals surface area contributed by atoms with Crippen LogP contribution in [0.25, 0.3) is 0 Å². The summed E-state index contributed by atoms with van der Waals surface area (Å²) in [5, 5.41) is 12.9. The fraction of sp³-hybridized carbons (Fsp3) is 0.333. The number of carbonyl (C=O) groups is 1. The van der Waals surface area contributed by atoms with Crippen molar-refractivity contribution in [2.75, 3.05) is 6.54 Å². The number of carbonyl (C=O) groups excluding carboxylic acids is 1. The molecule has 0 spiro atoms. The molecule has 86 valence electrons. The number of urea groups is 1. The van der Waals surface area contributed by atoms with Gasteiger partial charge in [0.15, 0.2) is 0 Å². The third kappa shape index (κ3) is 4.13. The summed E-state index contributed by atoms with van der Waals surface area (Å²) in [6, 6.07) is 8.80. The molecule has 0 unspecified atom stereocenters.